The summed E-state index contributed by atoms with van der Waals surface area (Å²) in [7, 11) is -4.23. The fourth-order valence-electron chi connectivity index (χ4n) is 1.77. The van der Waals surface area contributed by atoms with Crippen molar-refractivity contribution in [3.8, 4) is 0 Å². The maximum Gasteiger partial charge on any atom is 0.416 e. The van der Waals surface area contributed by atoms with Crippen LogP contribution in [0.5, 0.6) is 0 Å². The molecule has 0 bridgehead atoms. The first-order chi connectivity index (χ1) is 10.5. The van der Waals surface area contributed by atoms with Crippen molar-refractivity contribution in [2.24, 2.45) is 0 Å². The van der Waals surface area contributed by atoms with Gasteiger partial charge in [0.25, 0.3) is 10.0 Å². The molecule has 0 amide bonds. The minimum Gasteiger partial charge on any atom is -0.277 e. The second-order valence-corrected chi connectivity index (χ2v) is 7.44. The molecule has 1 aromatic carbocycles. The van der Waals surface area contributed by atoms with Gasteiger partial charge in [-0.15, -0.1) is 0 Å². The molecule has 1 aromatic heterocycles. The summed E-state index contributed by atoms with van der Waals surface area (Å²) in [6.07, 6.45) is -3.36. The Morgan fingerprint density at radius 3 is 2.52 bits per heavy atom. The minimum absolute atomic E-state index is 0.0200. The normalized spacial score (nSPS) is 12.3. The van der Waals surface area contributed by atoms with Gasteiger partial charge >= 0.3 is 6.18 Å². The van der Waals surface area contributed by atoms with E-state index in [-0.39, 0.29) is 20.9 Å². The van der Waals surface area contributed by atoms with Crippen LogP contribution in [0.4, 0.5) is 18.9 Å². The van der Waals surface area contributed by atoms with E-state index in [0.717, 1.165) is 12.1 Å². The molecule has 0 unspecified atom stereocenters. The Labute approximate surface area is 143 Å². The number of rotatable bonds is 3. The zero-order valence-corrected chi connectivity index (χ0v) is 14.6. The Bertz CT molecular complexity index is 857. The van der Waals surface area contributed by atoms with Crippen LogP contribution in [0.1, 0.15) is 11.1 Å². The Hall–Kier alpha value is -1.32. The highest BCUT2D eigenvalue weighted by atomic mass is 79.9. The van der Waals surface area contributed by atoms with Gasteiger partial charge in [0.15, 0.2) is 0 Å². The van der Waals surface area contributed by atoms with E-state index in [0.29, 0.717) is 6.07 Å². The third-order valence-electron chi connectivity index (χ3n) is 2.87. The van der Waals surface area contributed by atoms with Gasteiger partial charge in [0, 0.05) is 6.20 Å². The number of nitrogens with one attached hydrogen (secondary N) is 1. The lowest BCUT2D eigenvalue weighted by atomic mass is 10.1. The van der Waals surface area contributed by atoms with Gasteiger partial charge in [0.2, 0.25) is 0 Å². The van der Waals surface area contributed by atoms with E-state index in [2.05, 4.69) is 25.6 Å². The van der Waals surface area contributed by atoms with Crippen LogP contribution in [-0.4, -0.2) is 13.4 Å². The third-order valence-corrected chi connectivity index (χ3v) is 5.08. The van der Waals surface area contributed by atoms with Crippen molar-refractivity contribution in [3.63, 3.8) is 0 Å². The summed E-state index contributed by atoms with van der Waals surface area (Å²) in [5.74, 6) is 0. The Morgan fingerprint density at radius 2 is 1.91 bits per heavy atom. The Morgan fingerprint density at radius 1 is 1.26 bits per heavy atom. The van der Waals surface area contributed by atoms with Gasteiger partial charge in [-0.25, -0.2) is 13.4 Å². The van der Waals surface area contributed by atoms with Crippen molar-refractivity contribution in [1.82, 2.24) is 4.98 Å². The molecule has 2 rings (SSSR count). The summed E-state index contributed by atoms with van der Waals surface area (Å²) in [6, 6.07) is 4.07. The minimum atomic E-state index is -4.65. The van der Waals surface area contributed by atoms with Crippen LogP contribution in [-0.2, 0) is 16.2 Å². The second kappa shape index (κ2) is 6.29. The number of nitrogens with zero attached hydrogens (tertiary/aromatic N) is 1. The van der Waals surface area contributed by atoms with Crippen molar-refractivity contribution in [1.29, 1.82) is 0 Å². The Balaban J connectivity index is 2.46. The van der Waals surface area contributed by atoms with Gasteiger partial charge < -0.3 is 0 Å². The quantitative estimate of drug-likeness (QED) is 0.724. The average Bonchev–Trinajstić information content (AvgIpc) is 2.41. The number of anilines is 1. The summed E-state index contributed by atoms with van der Waals surface area (Å²) in [5.41, 5.74) is -1.06. The van der Waals surface area contributed by atoms with Crippen molar-refractivity contribution in [2.45, 2.75) is 18.0 Å². The number of pyridine rings is 1. The lowest BCUT2D eigenvalue weighted by molar-refractivity contribution is -0.138. The van der Waals surface area contributed by atoms with Crippen molar-refractivity contribution in [3.05, 3.63) is 51.2 Å². The van der Waals surface area contributed by atoms with Crippen molar-refractivity contribution >= 4 is 43.2 Å². The molecule has 0 aliphatic rings. The number of halogens is 5. The molecule has 10 heteroatoms. The number of benzene rings is 1. The zero-order valence-electron chi connectivity index (χ0n) is 11.4. The third kappa shape index (κ3) is 4.15. The zero-order chi connectivity index (χ0) is 17.4. The van der Waals surface area contributed by atoms with Gasteiger partial charge in [-0.3, -0.25) is 4.72 Å². The number of hydrogen-bond donors (Lipinski definition) is 1. The lowest BCUT2D eigenvalue weighted by Crippen LogP contribution is -2.16. The van der Waals surface area contributed by atoms with Crippen LogP contribution >= 0.6 is 27.5 Å². The van der Waals surface area contributed by atoms with Crippen LogP contribution in [0, 0.1) is 6.92 Å². The van der Waals surface area contributed by atoms with E-state index in [1.807, 2.05) is 0 Å². The number of aromatic nitrogens is 1. The lowest BCUT2D eigenvalue weighted by Gasteiger charge is -2.14. The molecule has 1 N–H and O–H groups in total. The number of sulfonamides is 1. The molecule has 0 radical (unpaired) electrons. The largest absolute Gasteiger partial charge is 0.416 e. The highest BCUT2D eigenvalue weighted by molar-refractivity contribution is 9.10. The Kier molecular flexibility index (Phi) is 4.93. The van der Waals surface area contributed by atoms with Crippen LogP contribution in [0.25, 0.3) is 0 Å². The summed E-state index contributed by atoms with van der Waals surface area (Å²) in [5, 5.41) is 0.172. The summed E-state index contributed by atoms with van der Waals surface area (Å²) in [6.45, 7) is 1.25. The molecule has 2 aromatic rings. The van der Waals surface area contributed by atoms with Gasteiger partial charge in [0.05, 0.1) is 21.2 Å². The molecule has 23 heavy (non-hydrogen) atoms. The maximum atomic E-state index is 12.9. The maximum absolute atomic E-state index is 12.9. The molecule has 124 valence electrons. The first kappa shape index (κ1) is 18.0. The first-order valence-corrected chi connectivity index (χ1v) is 8.68. The van der Waals surface area contributed by atoms with Gasteiger partial charge in [-0.05, 0) is 46.6 Å². The standard InChI is InChI=1S/C13H9BrClF3N2O2S/c1-7-2-3-9(5-10(7)13(16,17)18)23(21,22)20-11-4-8(15)6-19-12(11)14/h2-6,20H,1H3. The predicted octanol–water partition coefficient (Wildman–Crippen LogP) is 4.63. The smallest absolute Gasteiger partial charge is 0.277 e. The van der Waals surface area contributed by atoms with E-state index >= 15 is 0 Å². The van der Waals surface area contributed by atoms with Gasteiger partial charge in [-0.2, -0.15) is 13.2 Å². The highest BCUT2D eigenvalue weighted by Crippen LogP contribution is 2.34. The van der Waals surface area contributed by atoms with Crippen molar-refractivity contribution < 1.29 is 21.6 Å². The molecule has 0 atom stereocenters. The SMILES string of the molecule is Cc1ccc(S(=O)(=O)Nc2cc(Cl)cnc2Br)cc1C(F)(F)F. The average molecular weight is 430 g/mol. The molecule has 0 saturated heterocycles. The molecule has 1 heterocycles. The predicted molar refractivity (Wildman–Crippen MR) is 83.9 cm³/mol. The first-order valence-electron chi connectivity index (χ1n) is 6.02. The van der Waals surface area contributed by atoms with Gasteiger partial charge in [-0.1, -0.05) is 17.7 Å². The molecular formula is C13H9BrClF3N2O2S. The molecule has 0 aliphatic carbocycles. The molecule has 0 aliphatic heterocycles. The van der Waals surface area contributed by atoms with E-state index < -0.39 is 26.7 Å². The summed E-state index contributed by atoms with van der Waals surface area (Å²) in [4.78, 5) is 3.29. The van der Waals surface area contributed by atoms with Crippen LogP contribution in [0.2, 0.25) is 5.02 Å². The second-order valence-electron chi connectivity index (χ2n) is 4.57. The highest BCUT2D eigenvalue weighted by Gasteiger charge is 2.33. The van der Waals surface area contributed by atoms with E-state index in [1.54, 1.807) is 0 Å². The van der Waals surface area contributed by atoms with E-state index in [4.69, 9.17) is 11.6 Å². The number of alkyl halides is 3. The number of hydrogen-bond acceptors (Lipinski definition) is 3. The molecule has 0 fully saturated rings. The van der Waals surface area contributed by atoms with Gasteiger partial charge in [0.1, 0.15) is 4.60 Å². The fourth-order valence-corrected chi connectivity index (χ4v) is 3.46. The van der Waals surface area contributed by atoms with Crippen LogP contribution in [0.15, 0.2) is 40.0 Å². The topological polar surface area (TPSA) is 59.1 Å². The van der Waals surface area contributed by atoms with Crippen LogP contribution in [0.3, 0.4) is 0 Å². The monoisotopic (exact) mass is 428 g/mol. The van der Waals surface area contributed by atoms with E-state index in [9.17, 15) is 21.6 Å². The van der Waals surface area contributed by atoms with Crippen molar-refractivity contribution in [2.75, 3.05) is 4.72 Å². The molecule has 0 spiro atoms. The molecule has 4 nitrogen and oxygen atoms in total. The number of aryl methyl sites for hydroxylation is 1. The molecule has 0 saturated carbocycles. The summed E-state index contributed by atoms with van der Waals surface area (Å²) >= 11 is 8.77. The van der Waals surface area contributed by atoms with E-state index in [1.165, 1.54) is 19.2 Å². The molecular weight excluding hydrogens is 421 g/mol. The fraction of sp³-hybridized carbons (Fsp3) is 0.154. The van der Waals surface area contributed by atoms with Crippen LogP contribution < -0.4 is 4.72 Å². The summed E-state index contributed by atoms with van der Waals surface area (Å²) < 4.78 is 65.6.